The van der Waals surface area contributed by atoms with Gasteiger partial charge in [0.15, 0.2) is 0 Å². The molecule has 0 saturated carbocycles. The molecule has 2 rings (SSSR count). The van der Waals surface area contributed by atoms with Crippen molar-refractivity contribution < 1.29 is 28.6 Å². The predicted molar refractivity (Wildman–Crippen MR) is 92.2 cm³/mol. The zero-order valence-corrected chi connectivity index (χ0v) is 14.9. The fraction of sp³-hybridized carbons (Fsp3) is 0.294. The molecule has 0 aliphatic carbocycles. The van der Waals surface area contributed by atoms with E-state index in [1.165, 1.54) is 40.7 Å². The molecule has 0 amide bonds. The van der Waals surface area contributed by atoms with E-state index in [1.54, 1.807) is 18.2 Å². The summed E-state index contributed by atoms with van der Waals surface area (Å²) in [5, 5.41) is 3.68. The number of aromatic nitrogens is 2. The van der Waals surface area contributed by atoms with E-state index >= 15 is 0 Å². The van der Waals surface area contributed by atoms with Crippen LogP contribution in [0.25, 0.3) is 0 Å². The third-order valence-electron chi connectivity index (χ3n) is 3.27. The van der Waals surface area contributed by atoms with E-state index in [0.29, 0.717) is 12.0 Å². The van der Waals surface area contributed by atoms with Gasteiger partial charge in [0.05, 0.1) is 27.4 Å². The summed E-state index contributed by atoms with van der Waals surface area (Å²) < 4.78 is 20.8. The van der Waals surface area contributed by atoms with Gasteiger partial charge in [0.1, 0.15) is 18.4 Å². The Labute approximate surface area is 150 Å². The summed E-state index contributed by atoms with van der Waals surface area (Å²) in [6.07, 6.45) is 1.87. The second-order valence-electron chi connectivity index (χ2n) is 4.79. The summed E-state index contributed by atoms with van der Waals surface area (Å²) in [7, 11) is 5.64. The van der Waals surface area contributed by atoms with Crippen LogP contribution in [0.15, 0.2) is 29.4 Å². The minimum Gasteiger partial charge on any atom is -0.481 e. The maximum Gasteiger partial charge on any atom is 0.341 e. The van der Waals surface area contributed by atoms with Crippen molar-refractivity contribution in [3.63, 3.8) is 0 Å². The third kappa shape index (κ3) is 4.59. The van der Waals surface area contributed by atoms with Crippen LogP contribution in [0.3, 0.4) is 0 Å². The van der Waals surface area contributed by atoms with E-state index in [-0.39, 0.29) is 29.1 Å². The third-order valence-corrected chi connectivity index (χ3v) is 3.27. The Morgan fingerprint density at radius 3 is 2.38 bits per heavy atom. The number of hydrogen-bond acceptors (Lipinski definition) is 9. The maximum absolute atomic E-state index is 12.3. The van der Waals surface area contributed by atoms with Crippen molar-refractivity contribution in [1.82, 2.24) is 9.97 Å². The molecule has 2 aromatic rings. The van der Waals surface area contributed by atoms with Crippen molar-refractivity contribution in [2.75, 3.05) is 28.4 Å². The van der Waals surface area contributed by atoms with Crippen LogP contribution in [0.2, 0.25) is 0 Å². The van der Waals surface area contributed by atoms with Crippen LogP contribution in [0.5, 0.6) is 23.5 Å². The van der Waals surface area contributed by atoms with Crippen LogP contribution >= 0.6 is 0 Å². The number of nitrogens with zero attached hydrogens (tertiary/aromatic N) is 3. The fourth-order valence-electron chi connectivity index (χ4n) is 2.11. The van der Waals surface area contributed by atoms with Crippen LogP contribution in [0, 0.1) is 0 Å². The molecule has 0 fully saturated rings. The molecule has 9 heteroatoms. The number of benzene rings is 1. The van der Waals surface area contributed by atoms with Crippen LogP contribution in [-0.4, -0.2) is 50.6 Å². The number of oxime groups is 1. The second-order valence-corrected chi connectivity index (χ2v) is 4.79. The van der Waals surface area contributed by atoms with Crippen molar-refractivity contribution in [2.24, 2.45) is 5.16 Å². The van der Waals surface area contributed by atoms with E-state index in [9.17, 15) is 4.79 Å². The SMILES string of the molecule is CON=CCc1cccc(Oc2nc(OC)cc(OC)n2)c1C(=O)OC. The van der Waals surface area contributed by atoms with Crippen LogP contribution in [0.1, 0.15) is 15.9 Å². The molecule has 0 N–H and O–H groups in total. The van der Waals surface area contributed by atoms with Gasteiger partial charge < -0.3 is 23.8 Å². The smallest absolute Gasteiger partial charge is 0.341 e. The molecule has 0 bridgehead atoms. The van der Waals surface area contributed by atoms with Gasteiger partial charge in [-0.1, -0.05) is 17.3 Å². The van der Waals surface area contributed by atoms with Crippen molar-refractivity contribution in [3.05, 3.63) is 35.4 Å². The minimum atomic E-state index is -0.559. The lowest BCUT2D eigenvalue weighted by molar-refractivity contribution is 0.0596. The van der Waals surface area contributed by atoms with Gasteiger partial charge in [-0.15, -0.1) is 0 Å². The highest BCUT2D eigenvalue weighted by atomic mass is 16.6. The number of carbonyl (C=O) groups excluding carboxylic acids is 1. The monoisotopic (exact) mass is 361 g/mol. The molecular weight excluding hydrogens is 342 g/mol. The summed E-state index contributed by atoms with van der Waals surface area (Å²) in [4.78, 5) is 25.1. The van der Waals surface area contributed by atoms with Crippen LogP contribution < -0.4 is 14.2 Å². The zero-order chi connectivity index (χ0) is 18.9. The molecule has 1 heterocycles. The number of hydrogen-bond donors (Lipinski definition) is 0. The molecular formula is C17H19N3O6. The van der Waals surface area contributed by atoms with Gasteiger partial charge >= 0.3 is 12.0 Å². The Morgan fingerprint density at radius 2 is 1.81 bits per heavy atom. The fourth-order valence-corrected chi connectivity index (χ4v) is 2.11. The van der Waals surface area contributed by atoms with Gasteiger partial charge in [-0.25, -0.2) is 4.79 Å². The first-order valence-corrected chi connectivity index (χ1v) is 7.53. The number of ether oxygens (including phenoxy) is 4. The summed E-state index contributed by atoms with van der Waals surface area (Å²) in [5.41, 5.74) is 0.882. The van der Waals surface area contributed by atoms with Gasteiger partial charge in [0, 0.05) is 12.6 Å². The van der Waals surface area contributed by atoms with Gasteiger partial charge in [-0.2, -0.15) is 9.97 Å². The number of rotatable bonds is 8. The first kappa shape index (κ1) is 19.0. The molecule has 0 aliphatic rings. The van der Waals surface area contributed by atoms with Gasteiger partial charge in [-0.3, -0.25) is 0 Å². The Balaban J connectivity index is 2.44. The minimum absolute atomic E-state index is 0.0333. The quantitative estimate of drug-likeness (QED) is 0.401. The van der Waals surface area contributed by atoms with E-state index in [1.807, 2.05) is 0 Å². The lowest BCUT2D eigenvalue weighted by atomic mass is 10.0. The number of methoxy groups -OCH3 is 3. The zero-order valence-electron chi connectivity index (χ0n) is 14.9. The lowest BCUT2D eigenvalue weighted by Gasteiger charge is -2.13. The molecule has 0 spiro atoms. The van der Waals surface area contributed by atoms with Crippen molar-refractivity contribution in [2.45, 2.75) is 6.42 Å². The molecule has 0 saturated heterocycles. The molecule has 0 atom stereocenters. The summed E-state index contributed by atoms with van der Waals surface area (Å²) in [5.74, 6) is 0.191. The van der Waals surface area contributed by atoms with E-state index < -0.39 is 5.97 Å². The van der Waals surface area contributed by atoms with Crippen LogP contribution in [-0.2, 0) is 16.0 Å². The topological polar surface area (TPSA) is 101 Å². The Hall–Kier alpha value is -3.36. The highest BCUT2D eigenvalue weighted by molar-refractivity contribution is 5.95. The van der Waals surface area contributed by atoms with E-state index in [4.69, 9.17) is 18.9 Å². The molecule has 1 aromatic carbocycles. The number of carbonyl (C=O) groups is 1. The Morgan fingerprint density at radius 1 is 1.12 bits per heavy atom. The average Bonchev–Trinajstić information content (AvgIpc) is 2.67. The van der Waals surface area contributed by atoms with Crippen molar-refractivity contribution in [1.29, 1.82) is 0 Å². The highest BCUT2D eigenvalue weighted by Gasteiger charge is 2.20. The Kier molecular flexibility index (Phi) is 6.72. The second kappa shape index (κ2) is 9.21. The molecule has 0 aliphatic heterocycles. The number of esters is 1. The molecule has 0 unspecified atom stereocenters. The molecule has 26 heavy (non-hydrogen) atoms. The largest absolute Gasteiger partial charge is 0.481 e. The molecule has 1 aromatic heterocycles. The van der Waals surface area contributed by atoms with E-state index in [0.717, 1.165) is 0 Å². The van der Waals surface area contributed by atoms with Crippen molar-refractivity contribution in [3.8, 4) is 23.5 Å². The van der Waals surface area contributed by atoms with Crippen LogP contribution in [0.4, 0.5) is 0 Å². The first-order valence-electron chi connectivity index (χ1n) is 7.53. The average molecular weight is 361 g/mol. The summed E-state index contributed by atoms with van der Waals surface area (Å²) in [6, 6.07) is 6.57. The summed E-state index contributed by atoms with van der Waals surface area (Å²) in [6.45, 7) is 0. The maximum atomic E-state index is 12.3. The Bertz CT molecular complexity index is 772. The normalized spacial score (nSPS) is 10.5. The van der Waals surface area contributed by atoms with Gasteiger partial charge in [0.25, 0.3) is 0 Å². The molecule has 9 nitrogen and oxygen atoms in total. The standard InChI is InChI=1S/C17H19N3O6/c1-22-13-10-14(23-2)20-17(19-13)26-12-7-5-6-11(8-9-18-25-4)15(12)16(21)24-3/h5-7,9-10H,8H2,1-4H3. The predicted octanol–water partition coefficient (Wildman–Crippen LogP) is 2.25. The summed E-state index contributed by atoms with van der Waals surface area (Å²) >= 11 is 0. The molecule has 0 radical (unpaired) electrons. The van der Waals surface area contributed by atoms with E-state index in [2.05, 4.69) is 20.0 Å². The lowest BCUT2D eigenvalue weighted by Crippen LogP contribution is -2.09. The van der Waals surface area contributed by atoms with Crippen molar-refractivity contribution >= 4 is 12.2 Å². The van der Waals surface area contributed by atoms with Gasteiger partial charge in [0.2, 0.25) is 11.8 Å². The van der Waals surface area contributed by atoms with Gasteiger partial charge in [-0.05, 0) is 11.6 Å². The highest BCUT2D eigenvalue weighted by Crippen LogP contribution is 2.29. The molecule has 138 valence electrons. The first-order chi connectivity index (χ1) is 12.6.